The molecule has 0 atom stereocenters. The zero-order valence-corrected chi connectivity index (χ0v) is 18.4. The van der Waals surface area contributed by atoms with Crippen LogP contribution in [0.2, 0.25) is 0 Å². The van der Waals surface area contributed by atoms with Gasteiger partial charge in [0.25, 0.3) is 0 Å². The van der Waals surface area contributed by atoms with Crippen molar-refractivity contribution in [2.45, 2.75) is 81.7 Å². The number of hydrogen-bond donors (Lipinski definition) is 0. The third kappa shape index (κ3) is 10.7. The summed E-state index contributed by atoms with van der Waals surface area (Å²) in [4.78, 5) is 12.6. The summed E-state index contributed by atoms with van der Waals surface area (Å²) < 4.78 is 4.98. The highest BCUT2D eigenvalue weighted by Gasteiger charge is 2.03. The van der Waals surface area contributed by atoms with Gasteiger partial charge >= 0.3 is 5.69 Å². The Bertz CT molecular complexity index is 840. The molecule has 31 heavy (non-hydrogen) atoms. The van der Waals surface area contributed by atoms with Gasteiger partial charge in [-0.3, -0.25) is 9.25 Å². The van der Waals surface area contributed by atoms with Crippen LogP contribution >= 0.6 is 0 Å². The molecule has 10 heteroatoms. The molecule has 3 rings (SSSR count). The molecule has 0 aliphatic heterocycles. The molecule has 0 N–H and O–H groups in total. The third-order valence-corrected chi connectivity index (χ3v) is 3.78. The van der Waals surface area contributed by atoms with Gasteiger partial charge in [-0.1, -0.05) is 55.2 Å². The van der Waals surface area contributed by atoms with E-state index in [1.165, 1.54) is 4.80 Å². The van der Waals surface area contributed by atoms with Crippen LogP contribution in [0.1, 0.15) is 93.2 Å². The zero-order chi connectivity index (χ0) is 21.4. The van der Waals surface area contributed by atoms with E-state index < -0.39 is 0 Å². The molecule has 0 aromatic carbocycles. The van der Waals surface area contributed by atoms with Crippen LogP contribution in [0.4, 0.5) is 0 Å². The smallest absolute Gasteiger partial charge is 0.302 e. The maximum absolute atomic E-state index is 11.1. The maximum Gasteiger partial charge on any atom is 0.328 e. The van der Waals surface area contributed by atoms with Crippen LogP contribution in [0.5, 0.6) is 0 Å². The monoisotopic (exact) mass is 439 g/mol. The van der Waals surface area contributed by atoms with E-state index in [9.17, 15) is 4.79 Å². The van der Waals surface area contributed by atoms with Gasteiger partial charge in [-0.2, -0.15) is 4.80 Å². The first-order chi connectivity index (χ1) is 13.0. The van der Waals surface area contributed by atoms with Crippen LogP contribution in [-0.2, 0) is 21.1 Å². The first kappa shape index (κ1) is 32.9. The summed E-state index contributed by atoms with van der Waals surface area (Å²) in [7, 11) is 5.39. The lowest BCUT2D eigenvalue weighted by molar-refractivity contribution is 0.567. The summed E-state index contributed by atoms with van der Waals surface area (Å²) in [5, 5.41) is 19.2. The Labute approximate surface area is 188 Å². The Morgan fingerprint density at radius 1 is 0.806 bits per heavy atom. The Morgan fingerprint density at radius 3 is 1.58 bits per heavy atom. The molecule has 0 saturated carbocycles. The molecule has 180 valence electrons. The molecular formula is C21H45N9O. The standard InChI is InChI=1S/C7H12N2O.C6H11N3.C5H10N4.3CH4/c1-6(2)9-5-4-8(3)7(9)10;1-5(2)6-4-9(3)8-7-6;1-4(2)5-6-8-9(3)7-5;;;/h4-6H,1-3H3;4-5H,1-3H3;4H,1-3H3;3*1H4. The summed E-state index contributed by atoms with van der Waals surface area (Å²) in [6.07, 6.45) is 5.50. The first-order valence-corrected chi connectivity index (χ1v) is 9.36. The molecule has 3 aromatic rings. The quantitative estimate of drug-likeness (QED) is 0.612. The number of nitrogens with zero attached hydrogens (tertiary/aromatic N) is 9. The number of tetrazole rings is 1. The molecule has 0 amide bonds. The minimum Gasteiger partial charge on any atom is -0.302 e. The number of rotatable bonds is 3. The average molecular weight is 440 g/mol. The second-order valence-electron chi connectivity index (χ2n) is 7.46. The Morgan fingerprint density at radius 2 is 1.39 bits per heavy atom. The molecule has 0 aliphatic rings. The van der Waals surface area contributed by atoms with E-state index in [0.717, 1.165) is 11.5 Å². The van der Waals surface area contributed by atoms with Gasteiger partial charge in [-0.25, -0.2) is 4.79 Å². The van der Waals surface area contributed by atoms with Gasteiger partial charge in [0.05, 0.1) is 12.7 Å². The molecule has 0 unspecified atom stereocenters. The summed E-state index contributed by atoms with van der Waals surface area (Å²) in [6, 6.07) is 0.258. The van der Waals surface area contributed by atoms with Crippen molar-refractivity contribution in [3.63, 3.8) is 0 Å². The molecular weight excluding hydrogens is 394 g/mol. The van der Waals surface area contributed by atoms with Gasteiger partial charge in [-0.15, -0.1) is 15.3 Å². The molecule has 0 aliphatic carbocycles. The van der Waals surface area contributed by atoms with Gasteiger partial charge in [0.2, 0.25) is 0 Å². The van der Waals surface area contributed by atoms with Crippen LogP contribution < -0.4 is 5.69 Å². The van der Waals surface area contributed by atoms with Crippen molar-refractivity contribution in [3.8, 4) is 0 Å². The largest absolute Gasteiger partial charge is 0.328 e. The fourth-order valence-corrected chi connectivity index (χ4v) is 2.03. The topological polar surface area (TPSA) is 101 Å². The molecule has 0 radical (unpaired) electrons. The van der Waals surface area contributed by atoms with Crippen molar-refractivity contribution in [1.82, 2.24) is 44.3 Å². The lowest BCUT2D eigenvalue weighted by Crippen LogP contribution is -2.23. The van der Waals surface area contributed by atoms with Gasteiger partial charge in [0, 0.05) is 44.6 Å². The summed E-state index contributed by atoms with van der Waals surface area (Å²) in [5.74, 6) is 1.66. The van der Waals surface area contributed by atoms with Gasteiger partial charge in [-0.05, 0) is 25.0 Å². The SMILES string of the molecule is C.C.C.CC(C)c1cn(C)nn1.CC(C)c1nnn(C)n1.CC(C)n1ccn(C)c1=O. The minimum absolute atomic E-state index is 0. The summed E-state index contributed by atoms with van der Waals surface area (Å²) >= 11 is 0. The van der Waals surface area contributed by atoms with Crippen LogP contribution in [0.15, 0.2) is 23.4 Å². The van der Waals surface area contributed by atoms with Gasteiger partial charge in [0.15, 0.2) is 5.82 Å². The average Bonchev–Trinajstić information content (AvgIpc) is 3.31. The number of aromatic nitrogens is 9. The van der Waals surface area contributed by atoms with Crippen LogP contribution in [0, 0.1) is 0 Å². The third-order valence-electron chi connectivity index (χ3n) is 3.78. The fourth-order valence-electron chi connectivity index (χ4n) is 2.03. The fraction of sp³-hybridized carbons (Fsp3) is 0.714. The minimum atomic E-state index is 0. The van der Waals surface area contributed by atoms with E-state index >= 15 is 0 Å². The molecule has 0 fully saturated rings. The number of hydrogen-bond acceptors (Lipinski definition) is 6. The van der Waals surface area contributed by atoms with E-state index in [4.69, 9.17) is 0 Å². The van der Waals surface area contributed by atoms with Crippen LogP contribution in [-0.4, -0.2) is 44.3 Å². The van der Waals surface area contributed by atoms with Crippen LogP contribution in [0.3, 0.4) is 0 Å². The predicted molar refractivity (Wildman–Crippen MR) is 128 cm³/mol. The predicted octanol–water partition coefficient (Wildman–Crippen LogP) is 3.95. The van der Waals surface area contributed by atoms with E-state index in [-0.39, 0.29) is 34.0 Å². The maximum atomic E-state index is 11.1. The van der Waals surface area contributed by atoms with Crippen molar-refractivity contribution in [2.24, 2.45) is 21.1 Å². The molecule has 0 spiro atoms. The van der Waals surface area contributed by atoms with Crippen molar-refractivity contribution >= 4 is 0 Å². The van der Waals surface area contributed by atoms with E-state index in [2.05, 4.69) is 39.6 Å². The van der Waals surface area contributed by atoms with E-state index in [1.54, 1.807) is 40.3 Å². The van der Waals surface area contributed by atoms with Gasteiger partial charge in [0.1, 0.15) is 0 Å². The highest BCUT2D eigenvalue weighted by Crippen LogP contribution is 2.07. The van der Waals surface area contributed by atoms with Crippen molar-refractivity contribution in [2.75, 3.05) is 0 Å². The Kier molecular flexibility index (Phi) is 16.0. The number of aryl methyl sites for hydroxylation is 3. The second kappa shape index (κ2) is 15.1. The normalized spacial score (nSPS) is 9.68. The molecule has 0 saturated heterocycles. The molecule has 3 heterocycles. The summed E-state index contributed by atoms with van der Waals surface area (Å²) in [6.45, 7) is 12.3. The lowest BCUT2D eigenvalue weighted by atomic mass is 10.2. The Hall–Kier alpha value is -2.78. The first-order valence-electron chi connectivity index (χ1n) is 9.36. The van der Waals surface area contributed by atoms with E-state index in [0.29, 0.717) is 11.8 Å². The van der Waals surface area contributed by atoms with Crippen molar-refractivity contribution in [1.29, 1.82) is 0 Å². The van der Waals surface area contributed by atoms with E-state index in [1.807, 2.05) is 40.9 Å². The highest BCUT2D eigenvalue weighted by molar-refractivity contribution is 4.97. The number of imidazole rings is 1. The zero-order valence-electron chi connectivity index (χ0n) is 18.4. The lowest BCUT2D eigenvalue weighted by Gasteiger charge is -2.02. The molecule has 10 nitrogen and oxygen atoms in total. The van der Waals surface area contributed by atoms with Crippen molar-refractivity contribution < 1.29 is 0 Å². The highest BCUT2D eigenvalue weighted by atomic mass is 16.1. The van der Waals surface area contributed by atoms with Crippen molar-refractivity contribution in [3.05, 3.63) is 40.6 Å². The second-order valence-corrected chi connectivity index (χ2v) is 7.46. The Balaban J connectivity index is -0.000000362. The molecule has 0 bridgehead atoms. The molecule has 3 aromatic heterocycles. The van der Waals surface area contributed by atoms with Crippen LogP contribution in [0.25, 0.3) is 0 Å². The van der Waals surface area contributed by atoms with Gasteiger partial charge < -0.3 is 4.57 Å². The summed E-state index contributed by atoms with van der Waals surface area (Å²) in [5.41, 5.74) is 1.10.